The number of benzene rings is 1. The van der Waals surface area contributed by atoms with Crippen LogP contribution in [0.5, 0.6) is 11.5 Å². The molecule has 2 rings (SSSR count). The van der Waals surface area contributed by atoms with Crippen molar-refractivity contribution >= 4 is 17.8 Å². The van der Waals surface area contributed by atoms with E-state index in [0.29, 0.717) is 24.3 Å². The van der Waals surface area contributed by atoms with E-state index < -0.39 is 11.5 Å². The molecular weight excluding hydrogens is 324 g/mol. The Hall–Kier alpha value is -2.77. The Morgan fingerprint density at radius 3 is 2.40 bits per heavy atom. The molecule has 1 aliphatic rings. The summed E-state index contributed by atoms with van der Waals surface area (Å²) in [7, 11) is 0. The van der Waals surface area contributed by atoms with Crippen molar-refractivity contribution in [2.75, 3.05) is 0 Å². The summed E-state index contributed by atoms with van der Waals surface area (Å²) in [6.07, 6.45) is 1.04. The lowest BCUT2D eigenvalue weighted by molar-refractivity contribution is -0.137. The molecule has 0 aromatic heterocycles. The SMILES string of the molecule is CC(=O)Oc1c(C)c(C)c2c(c1C)CCC(C)(C(=O)NNC(=N)N)O2. The van der Waals surface area contributed by atoms with Crippen molar-refractivity contribution in [3.8, 4) is 11.5 Å². The van der Waals surface area contributed by atoms with Crippen molar-refractivity contribution < 1.29 is 19.1 Å². The molecule has 1 aromatic rings. The van der Waals surface area contributed by atoms with Crippen LogP contribution in [0.2, 0.25) is 0 Å². The lowest BCUT2D eigenvalue weighted by Gasteiger charge is -2.36. The normalized spacial score (nSPS) is 18.6. The van der Waals surface area contributed by atoms with Crippen molar-refractivity contribution in [1.82, 2.24) is 10.9 Å². The minimum absolute atomic E-state index is 0.359. The fourth-order valence-corrected chi connectivity index (χ4v) is 2.95. The first-order valence-corrected chi connectivity index (χ1v) is 7.97. The van der Waals surface area contributed by atoms with Crippen molar-refractivity contribution in [2.24, 2.45) is 5.73 Å². The largest absolute Gasteiger partial charge is 0.477 e. The minimum Gasteiger partial charge on any atom is -0.477 e. The molecule has 1 aromatic carbocycles. The second-order valence-corrected chi connectivity index (χ2v) is 6.43. The predicted molar refractivity (Wildman–Crippen MR) is 92.5 cm³/mol. The molecule has 1 atom stereocenters. The average Bonchev–Trinajstić information content (AvgIpc) is 2.54. The summed E-state index contributed by atoms with van der Waals surface area (Å²) in [4.78, 5) is 23.8. The molecule has 0 radical (unpaired) electrons. The van der Waals surface area contributed by atoms with E-state index in [1.165, 1.54) is 6.92 Å². The highest BCUT2D eigenvalue weighted by Gasteiger charge is 2.41. The zero-order valence-electron chi connectivity index (χ0n) is 15.1. The first-order valence-electron chi connectivity index (χ1n) is 7.97. The van der Waals surface area contributed by atoms with Crippen LogP contribution < -0.4 is 26.1 Å². The molecule has 0 aliphatic carbocycles. The zero-order chi connectivity index (χ0) is 18.9. The Morgan fingerprint density at radius 2 is 1.84 bits per heavy atom. The first kappa shape index (κ1) is 18.6. The van der Waals surface area contributed by atoms with Crippen molar-refractivity contribution in [3.05, 3.63) is 22.3 Å². The van der Waals surface area contributed by atoms with Crippen LogP contribution in [0.15, 0.2) is 0 Å². The highest BCUT2D eigenvalue weighted by molar-refractivity contribution is 5.88. The van der Waals surface area contributed by atoms with Crippen molar-refractivity contribution in [3.63, 3.8) is 0 Å². The smallest absolute Gasteiger partial charge is 0.308 e. The highest BCUT2D eigenvalue weighted by Crippen LogP contribution is 2.43. The molecule has 0 saturated heterocycles. The number of hydrazine groups is 1. The number of hydrogen-bond acceptors (Lipinski definition) is 5. The molecule has 0 saturated carbocycles. The monoisotopic (exact) mass is 348 g/mol. The molecule has 1 amide bonds. The topological polar surface area (TPSA) is 127 Å². The molecule has 0 fully saturated rings. The van der Waals surface area contributed by atoms with Gasteiger partial charge in [-0.25, -0.2) is 0 Å². The highest BCUT2D eigenvalue weighted by atomic mass is 16.5. The third kappa shape index (κ3) is 3.52. The quantitative estimate of drug-likeness (QED) is 0.209. The van der Waals surface area contributed by atoms with Crippen LogP contribution in [0.4, 0.5) is 0 Å². The molecule has 5 N–H and O–H groups in total. The second-order valence-electron chi connectivity index (χ2n) is 6.43. The third-order valence-corrected chi connectivity index (χ3v) is 4.53. The van der Waals surface area contributed by atoms with E-state index in [1.54, 1.807) is 6.92 Å². The molecule has 0 bridgehead atoms. The van der Waals surface area contributed by atoms with Gasteiger partial charge < -0.3 is 15.2 Å². The minimum atomic E-state index is -1.10. The van der Waals surface area contributed by atoms with Gasteiger partial charge in [0.2, 0.25) is 5.96 Å². The predicted octanol–water partition coefficient (Wildman–Crippen LogP) is 1.14. The Bertz CT molecular complexity index is 760. The van der Waals surface area contributed by atoms with Crippen LogP contribution >= 0.6 is 0 Å². The van der Waals surface area contributed by atoms with Crippen LogP contribution in [0, 0.1) is 26.2 Å². The number of amides is 1. The lowest BCUT2D eigenvalue weighted by Crippen LogP contribution is -2.56. The van der Waals surface area contributed by atoms with Crippen molar-refractivity contribution in [1.29, 1.82) is 5.41 Å². The number of guanidine groups is 1. The molecule has 136 valence electrons. The van der Waals surface area contributed by atoms with Gasteiger partial charge >= 0.3 is 5.97 Å². The molecular formula is C17H24N4O4. The van der Waals surface area contributed by atoms with E-state index in [1.807, 2.05) is 20.8 Å². The van der Waals surface area contributed by atoms with Gasteiger partial charge in [0.25, 0.3) is 5.91 Å². The molecule has 8 heteroatoms. The number of carbonyl (C=O) groups excluding carboxylic acids is 2. The van der Waals surface area contributed by atoms with E-state index in [-0.39, 0.29) is 11.9 Å². The molecule has 1 unspecified atom stereocenters. The summed E-state index contributed by atoms with van der Waals surface area (Å²) < 4.78 is 11.4. The Kier molecular flexibility index (Phi) is 4.92. The van der Waals surface area contributed by atoms with Crippen molar-refractivity contribution in [2.45, 2.75) is 53.1 Å². The van der Waals surface area contributed by atoms with Gasteiger partial charge in [-0.15, -0.1) is 0 Å². The van der Waals surface area contributed by atoms with Gasteiger partial charge in [0.15, 0.2) is 5.60 Å². The van der Waals surface area contributed by atoms with E-state index in [0.717, 1.165) is 22.3 Å². The Balaban J connectivity index is 2.39. The first-order chi connectivity index (χ1) is 11.6. The maximum atomic E-state index is 12.4. The maximum absolute atomic E-state index is 12.4. The number of esters is 1. The fourth-order valence-electron chi connectivity index (χ4n) is 2.95. The van der Waals surface area contributed by atoms with Gasteiger partial charge in [-0.3, -0.25) is 25.8 Å². The van der Waals surface area contributed by atoms with Gasteiger partial charge in [-0.2, -0.15) is 0 Å². The summed E-state index contributed by atoms with van der Waals surface area (Å²) in [5.74, 6) is 0.0484. The number of hydrogen-bond donors (Lipinski definition) is 4. The van der Waals surface area contributed by atoms with Crippen LogP contribution in [-0.2, 0) is 16.0 Å². The summed E-state index contributed by atoms with van der Waals surface area (Å²) in [6.45, 7) is 8.67. The fraction of sp³-hybridized carbons (Fsp3) is 0.471. The number of rotatable bonds is 2. The maximum Gasteiger partial charge on any atom is 0.308 e. The lowest BCUT2D eigenvalue weighted by atomic mass is 9.86. The molecule has 8 nitrogen and oxygen atoms in total. The number of ether oxygens (including phenoxy) is 2. The zero-order valence-corrected chi connectivity index (χ0v) is 15.1. The number of nitrogens with two attached hydrogens (primary N) is 1. The van der Waals surface area contributed by atoms with Gasteiger partial charge in [0.1, 0.15) is 11.5 Å². The number of fused-ring (bicyclic) bond motifs is 1. The van der Waals surface area contributed by atoms with Crippen LogP contribution in [0.3, 0.4) is 0 Å². The van der Waals surface area contributed by atoms with Gasteiger partial charge in [0, 0.05) is 18.9 Å². The average molecular weight is 348 g/mol. The second kappa shape index (κ2) is 6.62. The van der Waals surface area contributed by atoms with Gasteiger partial charge in [-0.1, -0.05) is 0 Å². The number of nitrogens with one attached hydrogen (secondary N) is 3. The van der Waals surface area contributed by atoms with E-state index in [4.69, 9.17) is 20.6 Å². The molecule has 25 heavy (non-hydrogen) atoms. The number of carbonyl (C=O) groups is 2. The third-order valence-electron chi connectivity index (χ3n) is 4.53. The van der Waals surface area contributed by atoms with Crippen LogP contribution in [-0.4, -0.2) is 23.4 Å². The van der Waals surface area contributed by atoms with Gasteiger partial charge in [0.05, 0.1) is 0 Å². The van der Waals surface area contributed by atoms with E-state index >= 15 is 0 Å². The molecule has 1 aliphatic heterocycles. The summed E-state index contributed by atoms with van der Waals surface area (Å²) in [5.41, 5.74) is 12.2. The van der Waals surface area contributed by atoms with Crippen LogP contribution in [0.25, 0.3) is 0 Å². The van der Waals surface area contributed by atoms with E-state index in [2.05, 4.69) is 10.9 Å². The van der Waals surface area contributed by atoms with Crippen LogP contribution in [0.1, 0.15) is 42.5 Å². The standard InChI is InChI=1S/C17H24N4O4/c1-8-9(2)14-12(10(3)13(8)24-11(4)22)6-7-17(5,25-14)15(23)20-21-16(18)19/h6-7H2,1-5H3,(H,20,23)(H4,18,19,21). The summed E-state index contributed by atoms with van der Waals surface area (Å²) in [6, 6.07) is 0. The Morgan fingerprint density at radius 1 is 1.20 bits per heavy atom. The van der Waals surface area contributed by atoms with E-state index in [9.17, 15) is 9.59 Å². The van der Waals surface area contributed by atoms with Gasteiger partial charge in [-0.05, 0) is 50.8 Å². The molecule has 1 heterocycles. The summed E-state index contributed by atoms with van der Waals surface area (Å²) >= 11 is 0. The molecule has 0 spiro atoms. The summed E-state index contributed by atoms with van der Waals surface area (Å²) in [5, 5.41) is 7.12. The Labute approximate surface area is 146 Å².